The summed E-state index contributed by atoms with van der Waals surface area (Å²) in [4.78, 5) is 27.0. The lowest BCUT2D eigenvalue weighted by atomic mass is 9.75. The van der Waals surface area contributed by atoms with Crippen LogP contribution in [0.1, 0.15) is 33.6 Å². The molecule has 29 heavy (non-hydrogen) atoms. The fraction of sp³-hybridized carbons (Fsp3) is 0.579. The Morgan fingerprint density at radius 3 is 2.28 bits per heavy atom. The third kappa shape index (κ3) is 6.15. The Morgan fingerprint density at radius 2 is 1.83 bits per heavy atom. The highest BCUT2D eigenvalue weighted by Crippen LogP contribution is 2.26. The molecule has 4 atom stereocenters. The van der Waals surface area contributed by atoms with Crippen LogP contribution in [0, 0.1) is 11.7 Å². The van der Waals surface area contributed by atoms with Crippen molar-refractivity contribution in [2.75, 3.05) is 11.4 Å². The van der Waals surface area contributed by atoms with Gasteiger partial charge in [-0.1, -0.05) is 13.8 Å². The summed E-state index contributed by atoms with van der Waals surface area (Å²) in [5.41, 5.74) is 0.691. The fourth-order valence-corrected chi connectivity index (χ4v) is 3.29. The van der Waals surface area contributed by atoms with Gasteiger partial charge in [0.1, 0.15) is 17.9 Å². The molecule has 1 aromatic carbocycles. The van der Waals surface area contributed by atoms with Crippen LogP contribution in [-0.4, -0.2) is 64.8 Å². The summed E-state index contributed by atoms with van der Waals surface area (Å²) in [6, 6.07) is 3.99. The van der Waals surface area contributed by atoms with Gasteiger partial charge in [-0.3, -0.25) is 9.59 Å². The van der Waals surface area contributed by atoms with E-state index in [0.717, 1.165) is 0 Å². The lowest BCUT2D eigenvalue weighted by molar-refractivity contribution is -0.133. The number of hydrogen-bond donors (Lipinski definition) is 5. The molecule has 4 unspecified atom stereocenters. The van der Waals surface area contributed by atoms with E-state index in [1.165, 1.54) is 19.1 Å². The summed E-state index contributed by atoms with van der Waals surface area (Å²) in [6.07, 6.45) is -0.304. The summed E-state index contributed by atoms with van der Waals surface area (Å²) in [5.74, 6) is -2.32. The van der Waals surface area contributed by atoms with E-state index in [-0.39, 0.29) is 11.7 Å². The number of benzene rings is 1. The minimum atomic E-state index is -1.76. The van der Waals surface area contributed by atoms with Crippen LogP contribution >= 0.6 is 0 Å². The van der Waals surface area contributed by atoms with Gasteiger partial charge in [0.25, 0.3) is 0 Å². The van der Waals surface area contributed by atoms with Crippen molar-refractivity contribution in [3.8, 4) is 0 Å². The van der Waals surface area contributed by atoms with Gasteiger partial charge in [0, 0.05) is 12.2 Å². The molecule has 0 bridgehead atoms. The van der Waals surface area contributed by atoms with Crippen molar-refractivity contribution in [2.45, 2.75) is 57.7 Å². The number of nitrogens with zero attached hydrogens (tertiary/aromatic N) is 1. The number of anilines is 1. The normalized spacial score (nSPS) is 19.2. The predicted molar refractivity (Wildman–Crippen MR) is 107 cm³/mol. The first-order valence-corrected chi connectivity index (χ1v) is 9.77. The largest absolute Gasteiger partial charge is 0.475 e. The van der Waals surface area contributed by atoms with Crippen molar-refractivity contribution in [1.82, 2.24) is 10.6 Å². The molecule has 1 saturated heterocycles. The molecule has 5 N–H and O–H groups in total. The lowest BCUT2D eigenvalue weighted by Gasteiger charge is -2.42. The van der Waals surface area contributed by atoms with E-state index in [0.29, 0.717) is 25.1 Å². The number of rotatable bonds is 9. The number of carbonyl (C=O) groups is 2. The van der Waals surface area contributed by atoms with Crippen LogP contribution in [0.2, 0.25) is 0 Å². The van der Waals surface area contributed by atoms with Gasteiger partial charge in [-0.15, -0.1) is 0 Å². The Morgan fingerprint density at radius 1 is 1.21 bits per heavy atom. The molecule has 2 rings (SSSR count). The quantitative estimate of drug-likeness (QED) is 0.361. The molecule has 160 valence electrons. The van der Waals surface area contributed by atoms with Gasteiger partial charge in [-0.25, -0.2) is 4.39 Å². The van der Waals surface area contributed by atoms with Crippen molar-refractivity contribution in [1.29, 1.82) is 0 Å². The second-order valence-corrected chi connectivity index (χ2v) is 7.86. The molecular formula is C19H29BFN3O5. The predicted octanol–water partition coefficient (Wildman–Crippen LogP) is -0.187. The molecule has 0 aromatic heterocycles. The van der Waals surface area contributed by atoms with Crippen LogP contribution in [0.5, 0.6) is 0 Å². The van der Waals surface area contributed by atoms with Gasteiger partial charge in [0.15, 0.2) is 0 Å². The minimum Gasteiger partial charge on any atom is -0.426 e. The fourth-order valence-electron chi connectivity index (χ4n) is 3.29. The maximum atomic E-state index is 13.1. The van der Waals surface area contributed by atoms with Crippen LogP contribution in [0.4, 0.5) is 10.1 Å². The maximum absolute atomic E-state index is 13.1. The van der Waals surface area contributed by atoms with Gasteiger partial charge in [0.05, 0.1) is 12.0 Å². The number of aliphatic hydroxyl groups is 1. The molecule has 8 nitrogen and oxygen atoms in total. The van der Waals surface area contributed by atoms with Gasteiger partial charge < -0.3 is 30.7 Å². The number of aliphatic hydroxyl groups excluding tert-OH is 1. The highest BCUT2D eigenvalue weighted by Gasteiger charge is 2.38. The Kier molecular flexibility index (Phi) is 8.00. The minimum absolute atomic E-state index is 0.0981. The highest BCUT2D eigenvalue weighted by molar-refractivity contribution is 6.43. The zero-order valence-corrected chi connectivity index (χ0v) is 16.9. The topological polar surface area (TPSA) is 122 Å². The Labute approximate surface area is 170 Å². The zero-order chi connectivity index (χ0) is 21.7. The van der Waals surface area contributed by atoms with Crippen LogP contribution in [0.15, 0.2) is 24.3 Å². The van der Waals surface area contributed by atoms with Crippen molar-refractivity contribution >= 4 is 24.6 Å². The monoisotopic (exact) mass is 409 g/mol. The average molecular weight is 409 g/mol. The first kappa shape index (κ1) is 23.1. The van der Waals surface area contributed by atoms with Gasteiger partial charge >= 0.3 is 7.12 Å². The molecule has 0 spiro atoms. The molecule has 1 aliphatic rings. The molecular weight excluding hydrogens is 380 g/mol. The number of nitrogens with one attached hydrogen (secondary N) is 2. The molecule has 0 saturated carbocycles. The Hall–Kier alpha value is -2.17. The summed E-state index contributed by atoms with van der Waals surface area (Å²) >= 11 is 0. The molecule has 10 heteroatoms. The number of carbonyl (C=O) groups excluding carboxylic acids is 2. The van der Waals surface area contributed by atoms with Crippen LogP contribution in [-0.2, 0) is 9.59 Å². The third-order valence-electron chi connectivity index (χ3n) is 4.96. The van der Waals surface area contributed by atoms with E-state index in [9.17, 15) is 29.1 Å². The molecule has 1 aliphatic heterocycles. The summed E-state index contributed by atoms with van der Waals surface area (Å²) in [5, 5.41) is 34.0. The second kappa shape index (κ2) is 10.0. The van der Waals surface area contributed by atoms with E-state index < -0.39 is 43.1 Å². The van der Waals surface area contributed by atoms with Crippen LogP contribution < -0.4 is 15.5 Å². The van der Waals surface area contributed by atoms with E-state index in [1.54, 1.807) is 17.0 Å². The van der Waals surface area contributed by atoms with E-state index in [2.05, 4.69) is 10.6 Å². The zero-order valence-electron chi connectivity index (χ0n) is 16.9. The molecule has 1 fully saturated rings. The smallest absolute Gasteiger partial charge is 0.426 e. The molecule has 2 amide bonds. The summed E-state index contributed by atoms with van der Waals surface area (Å²) < 4.78 is 13.1. The second-order valence-electron chi connectivity index (χ2n) is 7.86. The molecule has 1 aromatic rings. The first-order valence-electron chi connectivity index (χ1n) is 9.77. The molecule has 0 radical (unpaired) electrons. The number of amides is 2. The first-order chi connectivity index (χ1) is 13.6. The van der Waals surface area contributed by atoms with Crippen molar-refractivity contribution < 1.29 is 29.1 Å². The van der Waals surface area contributed by atoms with Gasteiger partial charge in [-0.2, -0.15) is 0 Å². The summed E-state index contributed by atoms with van der Waals surface area (Å²) in [7, 11) is -1.76. The van der Waals surface area contributed by atoms with E-state index in [1.807, 2.05) is 13.8 Å². The SMILES string of the molecule is CC(C)CC(NC(=O)C(NC(=O)C1CCN1c1ccc(F)cc1)C(C)O)B(O)O. The summed E-state index contributed by atoms with van der Waals surface area (Å²) in [6.45, 7) is 5.73. The molecule has 1 heterocycles. The third-order valence-corrected chi connectivity index (χ3v) is 4.96. The van der Waals surface area contributed by atoms with Crippen molar-refractivity contribution in [3.63, 3.8) is 0 Å². The Bertz CT molecular complexity index is 702. The lowest BCUT2D eigenvalue weighted by Crippen LogP contribution is -2.62. The van der Waals surface area contributed by atoms with Crippen LogP contribution in [0.25, 0.3) is 0 Å². The highest BCUT2D eigenvalue weighted by atomic mass is 19.1. The van der Waals surface area contributed by atoms with Crippen LogP contribution in [0.3, 0.4) is 0 Å². The Balaban J connectivity index is 2.02. The van der Waals surface area contributed by atoms with Gasteiger partial charge in [0.2, 0.25) is 11.8 Å². The molecule has 0 aliphatic carbocycles. The standard InChI is InChI=1S/C19H29BFN3O5/c1-11(2)10-16(20(28)29)22-19(27)17(12(3)25)23-18(26)15-8-9-24(15)14-6-4-13(21)5-7-14/h4-7,11-12,15-17,25,28-29H,8-10H2,1-3H3,(H,22,27)(H,23,26). The van der Waals surface area contributed by atoms with E-state index >= 15 is 0 Å². The van der Waals surface area contributed by atoms with E-state index in [4.69, 9.17) is 0 Å². The average Bonchev–Trinajstić information content (AvgIpc) is 2.59. The number of halogens is 1. The van der Waals surface area contributed by atoms with Gasteiger partial charge in [-0.05, 0) is 49.9 Å². The maximum Gasteiger partial charge on any atom is 0.475 e. The number of hydrogen-bond acceptors (Lipinski definition) is 6. The van der Waals surface area contributed by atoms with Crippen molar-refractivity contribution in [3.05, 3.63) is 30.1 Å². The van der Waals surface area contributed by atoms with Crippen molar-refractivity contribution in [2.24, 2.45) is 5.92 Å².